The summed E-state index contributed by atoms with van der Waals surface area (Å²) in [5.41, 5.74) is 3.16. The van der Waals surface area contributed by atoms with Gasteiger partial charge < -0.3 is 20.0 Å². The molecule has 4 rings (SSSR count). The molecule has 0 radical (unpaired) electrons. The summed E-state index contributed by atoms with van der Waals surface area (Å²) < 4.78 is 0. The Kier molecular flexibility index (Phi) is 4.88. The zero-order chi connectivity index (χ0) is 18.8. The summed E-state index contributed by atoms with van der Waals surface area (Å²) in [7, 11) is 2.09. The van der Waals surface area contributed by atoms with Crippen molar-refractivity contribution >= 4 is 23.2 Å². The van der Waals surface area contributed by atoms with Crippen LogP contribution in [-0.2, 0) is 6.54 Å². The van der Waals surface area contributed by atoms with E-state index in [9.17, 15) is 4.79 Å². The SMILES string of the molecule is CC1CN(C)c2ccccc2CN1C(=O)Nc1cccnc1N1CCCC1. The maximum absolute atomic E-state index is 13.2. The van der Waals surface area contributed by atoms with E-state index in [1.54, 1.807) is 6.20 Å². The highest BCUT2D eigenvalue weighted by atomic mass is 16.2. The van der Waals surface area contributed by atoms with Gasteiger partial charge in [-0.1, -0.05) is 18.2 Å². The van der Waals surface area contributed by atoms with Crippen molar-refractivity contribution in [2.24, 2.45) is 0 Å². The molecule has 2 aliphatic heterocycles. The first-order valence-electron chi connectivity index (χ1n) is 9.70. The standard InChI is InChI=1S/C21H27N5O/c1-16-14-24(2)19-10-4-3-8-17(19)15-26(16)21(27)23-18-9-7-11-22-20(18)25-12-5-6-13-25/h3-4,7-11,16H,5-6,12-15H2,1-2H3,(H,23,27). The fraction of sp³-hybridized carbons (Fsp3) is 0.429. The van der Waals surface area contributed by atoms with Crippen LogP contribution in [0.25, 0.3) is 0 Å². The molecular formula is C21H27N5O. The van der Waals surface area contributed by atoms with E-state index in [0.717, 1.165) is 31.1 Å². The molecular weight excluding hydrogens is 338 g/mol. The molecule has 6 heteroatoms. The van der Waals surface area contributed by atoms with Crippen LogP contribution >= 0.6 is 0 Å². The number of nitrogens with zero attached hydrogens (tertiary/aromatic N) is 4. The van der Waals surface area contributed by atoms with Crippen molar-refractivity contribution in [2.75, 3.05) is 41.8 Å². The third-order valence-electron chi connectivity index (χ3n) is 5.51. The minimum absolute atomic E-state index is 0.0685. The van der Waals surface area contributed by atoms with Crippen molar-refractivity contribution in [1.82, 2.24) is 9.88 Å². The molecule has 0 saturated carbocycles. The molecule has 1 atom stereocenters. The van der Waals surface area contributed by atoms with E-state index in [0.29, 0.717) is 6.54 Å². The fourth-order valence-electron chi connectivity index (χ4n) is 4.08. The second kappa shape index (κ2) is 7.47. The third kappa shape index (κ3) is 3.56. The number of para-hydroxylation sites is 1. The zero-order valence-electron chi connectivity index (χ0n) is 16.1. The first kappa shape index (κ1) is 17.6. The van der Waals surface area contributed by atoms with Gasteiger partial charge in [0.2, 0.25) is 0 Å². The lowest BCUT2D eigenvalue weighted by Gasteiger charge is -2.29. The number of anilines is 3. The smallest absolute Gasteiger partial charge is 0.322 e. The molecule has 142 valence electrons. The van der Waals surface area contributed by atoms with Crippen LogP contribution in [0.2, 0.25) is 0 Å². The number of pyridine rings is 1. The first-order valence-corrected chi connectivity index (χ1v) is 9.70. The number of likely N-dealkylation sites (N-methyl/N-ethyl adjacent to an activating group) is 1. The summed E-state index contributed by atoms with van der Waals surface area (Å²) in [5, 5.41) is 3.13. The lowest BCUT2D eigenvalue weighted by Crippen LogP contribution is -2.44. The molecule has 1 saturated heterocycles. The van der Waals surface area contributed by atoms with Gasteiger partial charge in [0.15, 0.2) is 5.82 Å². The van der Waals surface area contributed by atoms with Gasteiger partial charge in [0, 0.05) is 51.2 Å². The van der Waals surface area contributed by atoms with Gasteiger partial charge in [-0.3, -0.25) is 0 Å². The molecule has 1 aromatic heterocycles. The van der Waals surface area contributed by atoms with E-state index < -0.39 is 0 Å². The molecule has 1 N–H and O–H groups in total. The minimum Gasteiger partial charge on any atom is -0.372 e. The number of benzene rings is 1. The van der Waals surface area contributed by atoms with E-state index in [1.807, 2.05) is 29.2 Å². The van der Waals surface area contributed by atoms with Gasteiger partial charge in [0.05, 0.1) is 5.69 Å². The normalized spacial score (nSPS) is 19.6. The maximum atomic E-state index is 13.2. The number of carbonyl (C=O) groups is 1. The number of nitrogens with one attached hydrogen (secondary N) is 1. The number of urea groups is 1. The number of amides is 2. The fourth-order valence-corrected chi connectivity index (χ4v) is 4.08. The van der Waals surface area contributed by atoms with Crippen LogP contribution < -0.4 is 15.1 Å². The van der Waals surface area contributed by atoms with Crippen molar-refractivity contribution in [3.8, 4) is 0 Å². The summed E-state index contributed by atoms with van der Waals surface area (Å²) in [5.74, 6) is 0.878. The van der Waals surface area contributed by atoms with Crippen LogP contribution in [0, 0.1) is 0 Å². The average molecular weight is 365 g/mol. The van der Waals surface area contributed by atoms with E-state index >= 15 is 0 Å². The molecule has 6 nitrogen and oxygen atoms in total. The van der Waals surface area contributed by atoms with Gasteiger partial charge in [-0.05, 0) is 43.5 Å². The summed E-state index contributed by atoms with van der Waals surface area (Å²) in [6.45, 7) is 5.51. The van der Waals surface area contributed by atoms with Crippen LogP contribution in [-0.4, -0.2) is 48.6 Å². The number of rotatable bonds is 2. The Labute approximate surface area is 160 Å². The third-order valence-corrected chi connectivity index (χ3v) is 5.51. The molecule has 1 aromatic carbocycles. The highest BCUT2D eigenvalue weighted by Crippen LogP contribution is 2.29. The Bertz CT molecular complexity index is 818. The van der Waals surface area contributed by atoms with Gasteiger partial charge in [-0.15, -0.1) is 0 Å². The molecule has 3 heterocycles. The van der Waals surface area contributed by atoms with Crippen molar-refractivity contribution in [1.29, 1.82) is 0 Å². The van der Waals surface area contributed by atoms with Crippen LogP contribution in [0.5, 0.6) is 0 Å². The predicted molar refractivity (Wildman–Crippen MR) is 109 cm³/mol. The monoisotopic (exact) mass is 365 g/mol. The number of aromatic nitrogens is 1. The van der Waals surface area contributed by atoms with Crippen LogP contribution in [0.3, 0.4) is 0 Å². The zero-order valence-corrected chi connectivity index (χ0v) is 16.1. The second-order valence-electron chi connectivity index (χ2n) is 7.49. The maximum Gasteiger partial charge on any atom is 0.322 e. The highest BCUT2D eigenvalue weighted by molar-refractivity contribution is 5.93. The molecule has 27 heavy (non-hydrogen) atoms. The van der Waals surface area contributed by atoms with Gasteiger partial charge >= 0.3 is 6.03 Å². The topological polar surface area (TPSA) is 51.7 Å². The van der Waals surface area contributed by atoms with Gasteiger partial charge in [-0.25, -0.2) is 9.78 Å². The van der Waals surface area contributed by atoms with Crippen molar-refractivity contribution in [3.63, 3.8) is 0 Å². The quantitative estimate of drug-likeness (QED) is 0.884. The van der Waals surface area contributed by atoms with E-state index in [2.05, 4.69) is 46.2 Å². The summed E-state index contributed by atoms with van der Waals surface area (Å²) in [6.07, 6.45) is 4.15. The second-order valence-corrected chi connectivity index (χ2v) is 7.49. The average Bonchev–Trinajstić information content (AvgIpc) is 3.17. The van der Waals surface area contributed by atoms with Gasteiger partial charge in [-0.2, -0.15) is 0 Å². The number of fused-ring (bicyclic) bond motifs is 1. The molecule has 0 spiro atoms. The predicted octanol–water partition coefficient (Wildman–Crippen LogP) is 3.55. The van der Waals surface area contributed by atoms with Crippen LogP contribution in [0.4, 0.5) is 22.0 Å². The minimum atomic E-state index is -0.0685. The number of hydrogen-bond acceptors (Lipinski definition) is 4. The Hall–Kier alpha value is -2.76. The van der Waals surface area contributed by atoms with Crippen molar-refractivity contribution < 1.29 is 4.79 Å². The van der Waals surface area contributed by atoms with E-state index in [-0.39, 0.29) is 12.1 Å². The van der Waals surface area contributed by atoms with Crippen molar-refractivity contribution in [3.05, 3.63) is 48.2 Å². The molecule has 0 bridgehead atoms. The Morgan fingerprint density at radius 2 is 1.93 bits per heavy atom. The van der Waals surface area contributed by atoms with Crippen LogP contribution in [0.1, 0.15) is 25.3 Å². The molecule has 1 unspecified atom stereocenters. The first-order chi connectivity index (χ1) is 13.1. The molecule has 2 amide bonds. The molecule has 2 aromatic rings. The Morgan fingerprint density at radius 1 is 1.15 bits per heavy atom. The lowest BCUT2D eigenvalue weighted by atomic mass is 10.1. The largest absolute Gasteiger partial charge is 0.372 e. The van der Waals surface area contributed by atoms with Gasteiger partial charge in [0.1, 0.15) is 0 Å². The summed E-state index contributed by atoms with van der Waals surface area (Å²) in [4.78, 5) is 24.1. The highest BCUT2D eigenvalue weighted by Gasteiger charge is 2.28. The summed E-state index contributed by atoms with van der Waals surface area (Å²) >= 11 is 0. The molecule has 0 aliphatic carbocycles. The summed E-state index contributed by atoms with van der Waals surface area (Å²) in [6, 6.07) is 12.2. The van der Waals surface area contributed by atoms with Crippen molar-refractivity contribution in [2.45, 2.75) is 32.4 Å². The molecule has 2 aliphatic rings. The molecule has 1 fully saturated rings. The van der Waals surface area contributed by atoms with E-state index in [1.165, 1.54) is 24.1 Å². The number of hydrogen-bond donors (Lipinski definition) is 1. The Balaban J connectivity index is 1.56. The van der Waals surface area contributed by atoms with Crippen LogP contribution in [0.15, 0.2) is 42.6 Å². The lowest BCUT2D eigenvalue weighted by molar-refractivity contribution is 0.192. The Morgan fingerprint density at radius 3 is 2.74 bits per heavy atom. The van der Waals surface area contributed by atoms with Gasteiger partial charge in [0.25, 0.3) is 0 Å². The van der Waals surface area contributed by atoms with E-state index in [4.69, 9.17) is 0 Å². The number of carbonyl (C=O) groups excluding carboxylic acids is 1.